The molecular formula is C8H6BrF2NO2. The molecule has 76 valence electrons. The molecule has 0 fully saturated rings. The molecule has 2 N–H and O–H groups in total. The number of benzene rings is 1. The quantitative estimate of drug-likeness (QED) is 0.481. The van der Waals surface area contributed by atoms with Gasteiger partial charge in [0.25, 0.3) is 0 Å². The Balaban J connectivity index is 3.47. The summed E-state index contributed by atoms with van der Waals surface area (Å²) in [5, 5.41) is 0. The Kier molecular flexibility index (Phi) is 3.05. The minimum atomic E-state index is -1.11. The third-order valence-electron chi connectivity index (χ3n) is 1.57. The summed E-state index contributed by atoms with van der Waals surface area (Å²) < 4.78 is 30.6. The second-order valence-electron chi connectivity index (χ2n) is 2.44. The Morgan fingerprint density at radius 3 is 2.57 bits per heavy atom. The molecule has 0 heterocycles. The van der Waals surface area contributed by atoms with E-state index in [1.54, 1.807) is 0 Å². The van der Waals surface area contributed by atoms with Crippen LogP contribution in [-0.4, -0.2) is 13.1 Å². The van der Waals surface area contributed by atoms with Gasteiger partial charge >= 0.3 is 5.97 Å². The Morgan fingerprint density at radius 2 is 2.07 bits per heavy atom. The molecule has 6 heteroatoms. The summed E-state index contributed by atoms with van der Waals surface area (Å²) in [5.74, 6) is -3.24. The zero-order valence-electron chi connectivity index (χ0n) is 7.11. The molecule has 0 aliphatic heterocycles. The van der Waals surface area contributed by atoms with E-state index in [4.69, 9.17) is 5.73 Å². The molecule has 0 aliphatic rings. The van der Waals surface area contributed by atoms with E-state index in [9.17, 15) is 13.6 Å². The standard InChI is InChI=1S/C8H6BrF2NO2/c1-14-8(13)5-6(10)3(9)2-4(12)7(5)11/h2H,12H2,1H3. The molecule has 0 spiro atoms. The summed E-state index contributed by atoms with van der Waals surface area (Å²) in [6.45, 7) is 0. The van der Waals surface area contributed by atoms with Gasteiger partial charge in [-0.25, -0.2) is 13.6 Å². The summed E-state index contributed by atoms with van der Waals surface area (Å²) in [4.78, 5) is 11.0. The lowest BCUT2D eigenvalue weighted by Gasteiger charge is -2.06. The van der Waals surface area contributed by atoms with Crippen molar-refractivity contribution >= 4 is 27.6 Å². The highest BCUT2D eigenvalue weighted by Crippen LogP contribution is 2.26. The minimum absolute atomic E-state index is 0.0863. The van der Waals surface area contributed by atoms with Crippen molar-refractivity contribution in [3.8, 4) is 0 Å². The summed E-state index contributed by atoms with van der Waals surface area (Å²) in [6.07, 6.45) is 0. The van der Waals surface area contributed by atoms with Crippen molar-refractivity contribution in [1.82, 2.24) is 0 Å². The van der Waals surface area contributed by atoms with E-state index in [-0.39, 0.29) is 10.2 Å². The zero-order valence-corrected chi connectivity index (χ0v) is 8.69. The molecular weight excluding hydrogens is 260 g/mol. The predicted octanol–water partition coefficient (Wildman–Crippen LogP) is 2.10. The number of nitrogens with two attached hydrogens (primary N) is 1. The van der Waals surface area contributed by atoms with Crippen LogP contribution in [0.4, 0.5) is 14.5 Å². The third-order valence-corrected chi connectivity index (χ3v) is 2.15. The Bertz CT molecular complexity index is 369. The van der Waals surface area contributed by atoms with Gasteiger partial charge in [0.1, 0.15) is 5.56 Å². The number of halogens is 3. The van der Waals surface area contributed by atoms with Crippen LogP contribution < -0.4 is 5.73 Å². The number of methoxy groups -OCH3 is 1. The number of anilines is 1. The third kappa shape index (κ3) is 1.70. The Labute approximate surface area is 87.0 Å². The summed E-state index contributed by atoms with van der Waals surface area (Å²) in [6, 6.07) is 1.04. The maximum absolute atomic E-state index is 13.2. The summed E-state index contributed by atoms with van der Waals surface area (Å²) in [7, 11) is 1.03. The van der Waals surface area contributed by atoms with E-state index in [0.717, 1.165) is 13.2 Å². The van der Waals surface area contributed by atoms with Crippen LogP contribution >= 0.6 is 15.9 Å². The fourth-order valence-corrected chi connectivity index (χ4v) is 1.35. The maximum Gasteiger partial charge on any atom is 0.343 e. The largest absolute Gasteiger partial charge is 0.465 e. The van der Waals surface area contributed by atoms with Crippen molar-refractivity contribution in [1.29, 1.82) is 0 Å². The first-order valence-electron chi connectivity index (χ1n) is 3.50. The molecule has 1 aromatic rings. The van der Waals surface area contributed by atoms with Crippen LogP contribution in [0.15, 0.2) is 10.5 Å². The van der Waals surface area contributed by atoms with Gasteiger partial charge in [0.15, 0.2) is 11.6 Å². The SMILES string of the molecule is COC(=O)c1c(F)c(N)cc(Br)c1F. The average molecular weight is 266 g/mol. The van der Waals surface area contributed by atoms with Crippen molar-refractivity contribution in [2.24, 2.45) is 0 Å². The number of esters is 1. The van der Waals surface area contributed by atoms with E-state index in [1.807, 2.05) is 0 Å². The van der Waals surface area contributed by atoms with Crippen LogP contribution in [0.2, 0.25) is 0 Å². The molecule has 0 amide bonds. The maximum atomic E-state index is 13.2. The number of nitrogen functional groups attached to an aromatic ring is 1. The van der Waals surface area contributed by atoms with E-state index in [0.29, 0.717) is 0 Å². The number of carbonyl (C=O) groups is 1. The number of hydrogen-bond acceptors (Lipinski definition) is 3. The van der Waals surface area contributed by atoms with Crippen molar-refractivity contribution in [2.75, 3.05) is 12.8 Å². The van der Waals surface area contributed by atoms with Gasteiger partial charge in [-0.15, -0.1) is 0 Å². The highest BCUT2D eigenvalue weighted by molar-refractivity contribution is 9.10. The topological polar surface area (TPSA) is 52.3 Å². The predicted molar refractivity (Wildman–Crippen MR) is 49.8 cm³/mol. The fraction of sp³-hybridized carbons (Fsp3) is 0.125. The summed E-state index contributed by atoms with van der Waals surface area (Å²) in [5.41, 5.74) is 4.09. The number of ether oxygens (including phenoxy) is 1. The minimum Gasteiger partial charge on any atom is -0.465 e. The van der Waals surface area contributed by atoms with Crippen LogP contribution in [0.25, 0.3) is 0 Å². The van der Waals surface area contributed by atoms with E-state index in [1.165, 1.54) is 0 Å². The number of carbonyl (C=O) groups excluding carboxylic acids is 1. The first kappa shape index (κ1) is 10.9. The summed E-state index contributed by atoms with van der Waals surface area (Å²) >= 11 is 2.80. The molecule has 0 saturated carbocycles. The van der Waals surface area contributed by atoms with Gasteiger partial charge < -0.3 is 10.5 Å². The number of rotatable bonds is 1. The first-order valence-corrected chi connectivity index (χ1v) is 4.29. The van der Waals surface area contributed by atoms with Crippen molar-refractivity contribution in [3.05, 3.63) is 27.7 Å². The number of hydrogen-bond donors (Lipinski definition) is 1. The van der Waals surface area contributed by atoms with E-state index >= 15 is 0 Å². The Hall–Kier alpha value is -1.17. The molecule has 0 aromatic heterocycles. The second-order valence-corrected chi connectivity index (χ2v) is 3.30. The highest BCUT2D eigenvalue weighted by Gasteiger charge is 2.22. The van der Waals surface area contributed by atoms with Crippen LogP contribution in [0.5, 0.6) is 0 Å². The average Bonchev–Trinajstić information content (AvgIpc) is 2.15. The van der Waals surface area contributed by atoms with Gasteiger partial charge in [-0.1, -0.05) is 0 Å². The molecule has 0 atom stereocenters. The molecule has 0 unspecified atom stereocenters. The lowest BCUT2D eigenvalue weighted by molar-refractivity contribution is 0.0590. The normalized spacial score (nSPS) is 10.0. The van der Waals surface area contributed by atoms with E-state index in [2.05, 4.69) is 20.7 Å². The van der Waals surface area contributed by atoms with Gasteiger partial charge in [-0.2, -0.15) is 0 Å². The van der Waals surface area contributed by atoms with E-state index < -0.39 is 23.2 Å². The van der Waals surface area contributed by atoms with Crippen LogP contribution in [0.3, 0.4) is 0 Å². The first-order chi connectivity index (χ1) is 6.49. The molecule has 0 aliphatic carbocycles. The lowest BCUT2D eigenvalue weighted by atomic mass is 10.1. The van der Waals surface area contributed by atoms with Crippen LogP contribution in [0, 0.1) is 11.6 Å². The lowest BCUT2D eigenvalue weighted by Crippen LogP contribution is -2.10. The Morgan fingerprint density at radius 1 is 1.50 bits per heavy atom. The van der Waals surface area contributed by atoms with Crippen molar-refractivity contribution < 1.29 is 18.3 Å². The van der Waals surface area contributed by atoms with Gasteiger partial charge in [0.05, 0.1) is 17.3 Å². The van der Waals surface area contributed by atoms with Crippen LogP contribution in [-0.2, 0) is 4.74 Å². The van der Waals surface area contributed by atoms with Gasteiger partial charge in [0.2, 0.25) is 0 Å². The van der Waals surface area contributed by atoms with Gasteiger partial charge in [-0.3, -0.25) is 0 Å². The molecule has 0 bridgehead atoms. The van der Waals surface area contributed by atoms with Crippen molar-refractivity contribution in [2.45, 2.75) is 0 Å². The molecule has 1 rings (SSSR count). The molecule has 0 saturated heterocycles. The fourth-order valence-electron chi connectivity index (χ4n) is 0.905. The molecule has 3 nitrogen and oxygen atoms in total. The zero-order chi connectivity index (χ0) is 10.9. The van der Waals surface area contributed by atoms with Crippen molar-refractivity contribution in [3.63, 3.8) is 0 Å². The molecule has 0 radical (unpaired) electrons. The highest BCUT2D eigenvalue weighted by atomic mass is 79.9. The van der Waals surface area contributed by atoms with Gasteiger partial charge in [0, 0.05) is 0 Å². The molecule has 1 aromatic carbocycles. The monoisotopic (exact) mass is 265 g/mol. The van der Waals surface area contributed by atoms with Crippen LogP contribution in [0.1, 0.15) is 10.4 Å². The second kappa shape index (κ2) is 3.91. The smallest absolute Gasteiger partial charge is 0.343 e. The van der Waals surface area contributed by atoms with Gasteiger partial charge in [-0.05, 0) is 22.0 Å². The molecule has 14 heavy (non-hydrogen) atoms.